The van der Waals surface area contributed by atoms with Gasteiger partial charge in [0.25, 0.3) is 0 Å². The smallest absolute Gasteiger partial charge is 0.243 e. The van der Waals surface area contributed by atoms with Crippen molar-refractivity contribution in [2.45, 2.75) is 168 Å². The lowest BCUT2D eigenvalue weighted by molar-refractivity contribution is -0.117. The average molecular weight is 533 g/mol. The molecule has 0 atom stereocenters. The summed E-state index contributed by atoms with van der Waals surface area (Å²) in [4.78, 5) is 23.7. The Labute approximate surface area is 237 Å². The molecular formula is C34H64N2O2. The van der Waals surface area contributed by atoms with Crippen molar-refractivity contribution in [1.82, 2.24) is 10.6 Å². The van der Waals surface area contributed by atoms with E-state index in [0.717, 1.165) is 25.9 Å². The van der Waals surface area contributed by atoms with Crippen LogP contribution < -0.4 is 10.6 Å². The second-order valence-electron chi connectivity index (χ2n) is 11.1. The number of nitrogens with one attached hydrogen (secondary N) is 2. The fourth-order valence-corrected chi connectivity index (χ4v) is 4.76. The molecule has 0 fully saturated rings. The zero-order valence-corrected chi connectivity index (χ0v) is 25.5. The van der Waals surface area contributed by atoms with Crippen molar-refractivity contribution in [3.63, 3.8) is 0 Å². The molecule has 0 saturated heterocycles. The van der Waals surface area contributed by atoms with Gasteiger partial charge in [0.15, 0.2) is 0 Å². The van der Waals surface area contributed by atoms with Gasteiger partial charge in [0.2, 0.25) is 11.8 Å². The van der Waals surface area contributed by atoms with Crippen LogP contribution in [0.1, 0.15) is 168 Å². The molecule has 0 saturated carbocycles. The molecule has 2 N–H and O–H groups in total. The molecule has 38 heavy (non-hydrogen) atoms. The second-order valence-corrected chi connectivity index (χ2v) is 11.1. The van der Waals surface area contributed by atoms with E-state index in [4.69, 9.17) is 0 Å². The first-order valence-corrected chi connectivity index (χ1v) is 16.6. The van der Waals surface area contributed by atoms with Crippen LogP contribution >= 0.6 is 0 Å². The van der Waals surface area contributed by atoms with E-state index < -0.39 is 0 Å². The summed E-state index contributed by atoms with van der Waals surface area (Å²) in [6.45, 7) is 5.99. The molecule has 0 aromatic rings. The molecule has 4 nitrogen and oxygen atoms in total. The van der Waals surface area contributed by atoms with Gasteiger partial charge >= 0.3 is 0 Å². The van der Waals surface area contributed by atoms with E-state index in [2.05, 4.69) is 24.5 Å². The number of hydrogen-bond donors (Lipinski definition) is 2. The van der Waals surface area contributed by atoms with Gasteiger partial charge in [-0.05, 0) is 12.8 Å². The van der Waals surface area contributed by atoms with Crippen LogP contribution in [0.3, 0.4) is 0 Å². The van der Waals surface area contributed by atoms with Gasteiger partial charge in [0.05, 0.1) is 0 Å². The van der Waals surface area contributed by atoms with Crippen LogP contribution in [0.15, 0.2) is 24.3 Å². The summed E-state index contributed by atoms with van der Waals surface area (Å²) < 4.78 is 0. The van der Waals surface area contributed by atoms with Gasteiger partial charge in [-0.25, -0.2) is 0 Å². The van der Waals surface area contributed by atoms with E-state index in [9.17, 15) is 9.59 Å². The predicted octanol–water partition coefficient (Wildman–Crippen LogP) is 9.73. The third kappa shape index (κ3) is 30.6. The minimum Gasteiger partial charge on any atom is -0.353 e. The Hall–Kier alpha value is -1.58. The van der Waals surface area contributed by atoms with Gasteiger partial charge in [-0.1, -0.05) is 167 Å². The molecular weight excluding hydrogens is 468 g/mol. The van der Waals surface area contributed by atoms with E-state index in [1.807, 2.05) is 0 Å². The summed E-state index contributed by atoms with van der Waals surface area (Å²) in [6.07, 6.45) is 37.9. The van der Waals surface area contributed by atoms with Crippen LogP contribution in [-0.4, -0.2) is 24.9 Å². The number of unbranched alkanes of at least 4 members (excludes halogenated alkanes) is 22. The first-order valence-electron chi connectivity index (χ1n) is 16.6. The van der Waals surface area contributed by atoms with Gasteiger partial charge in [-0.15, -0.1) is 0 Å². The average Bonchev–Trinajstić information content (AvgIpc) is 2.92. The van der Waals surface area contributed by atoms with Crippen molar-refractivity contribution >= 4 is 11.8 Å². The molecule has 0 aliphatic carbocycles. The van der Waals surface area contributed by atoms with Crippen molar-refractivity contribution in [2.75, 3.05) is 13.1 Å². The molecule has 0 radical (unpaired) electrons. The van der Waals surface area contributed by atoms with Crippen LogP contribution in [0, 0.1) is 0 Å². The molecule has 0 spiro atoms. The number of amides is 2. The molecule has 0 unspecified atom stereocenters. The molecule has 0 bridgehead atoms. The molecule has 0 aliphatic rings. The van der Waals surface area contributed by atoms with E-state index in [1.54, 1.807) is 12.2 Å². The Bertz CT molecular complexity index is 521. The van der Waals surface area contributed by atoms with Crippen LogP contribution in [0.4, 0.5) is 0 Å². The number of carbonyl (C=O) groups is 2. The zero-order valence-electron chi connectivity index (χ0n) is 25.5. The van der Waals surface area contributed by atoms with Crippen molar-refractivity contribution in [1.29, 1.82) is 0 Å². The summed E-state index contributed by atoms with van der Waals surface area (Å²) in [5.74, 6) is -0.177. The lowest BCUT2D eigenvalue weighted by Gasteiger charge is -2.04. The normalized spacial score (nSPS) is 11.5. The largest absolute Gasteiger partial charge is 0.353 e. The highest BCUT2D eigenvalue weighted by Gasteiger charge is 1.97. The highest BCUT2D eigenvalue weighted by atomic mass is 16.2. The monoisotopic (exact) mass is 532 g/mol. The SMILES string of the molecule is CCCCCCCCCCCCCCNC(=O)/C=C/C=C/C(=O)NCCCCCCCCCCCCCC. The molecule has 222 valence electrons. The molecule has 0 rings (SSSR count). The number of allylic oxidation sites excluding steroid dienone is 2. The van der Waals surface area contributed by atoms with E-state index in [-0.39, 0.29) is 11.8 Å². The first-order chi connectivity index (χ1) is 18.7. The van der Waals surface area contributed by atoms with Gasteiger partial charge in [-0.3, -0.25) is 9.59 Å². The quantitative estimate of drug-likeness (QED) is 0.0572. The maximum Gasteiger partial charge on any atom is 0.243 e. The Kier molecular flexibility index (Phi) is 30.3. The van der Waals surface area contributed by atoms with E-state index >= 15 is 0 Å². The summed E-state index contributed by atoms with van der Waals surface area (Å²) in [5.41, 5.74) is 0. The van der Waals surface area contributed by atoms with Crippen molar-refractivity contribution in [3.8, 4) is 0 Å². The van der Waals surface area contributed by atoms with E-state index in [1.165, 1.54) is 153 Å². The molecule has 0 aromatic heterocycles. The predicted molar refractivity (Wildman–Crippen MR) is 166 cm³/mol. The van der Waals surface area contributed by atoms with Crippen molar-refractivity contribution < 1.29 is 9.59 Å². The topological polar surface area (TPSA) is 58.2 Å². The number of rotatable bonds is 29. The minimum atomic E-state index is -0.0883. The Morgan fingerprint density at radius 1 is 0.395 bits per heavy atom. The summed E-state index contributed by atoms with van der Waals surface area (Å²) in [5, 5.41) is 5.85. The molecule has 2 amide bonds. The van der Waals surface area contributed by atoms with Crippen molar-refractivity contribution in [3.05, 3.63) is 24.3 Å². The summed E-state index contributed by atoms with van der Waals surface area (Å²) in [6, 6.07) is 0. The lowest BCUT2D eigenvalue weighted by atomic mass is 10.1. The number of hydrogen-bond acceptors (Lipinski definition) is 2. The number of carbonyl (C=O) groups excluding carboxylic acids is 2. The van der Waals surface area contributed by atoms with Gasteiger partial charge < -0.3 is 10.6 Å². The van der Waals surface area contributed by atoms with Crippen molar-refractivity contribution in [2.24, 2.45) is 0 Å². The third-order valence-corrected chi connectivity index (χ3v) is 7.27. The van der Waals surface area contributed by atoms with E-state index in [0.29, 0.717) is 0 Å². The zero-order chi connectivity index (χ0) is 27.8. The maximum atomic E-state index is 11.9. The fourth-order valence-electron chi connectivity index (χ4n) is 4.76. The first kappa shape index (κ1) is 36.4. The van der Waals surface area contributed by atoms with Gasteiger partial charge in [0, 0.05) is 25.2 Å². The lowest BCUT2D eigenvalue weighted by Crippen LogP contribution is -2.22. The van der Waals surface area contributed by atoms with Crippen LogP contribution in [0.5, 0.6) is 0 Å². The Balaban J connectivity index is 3.43. The van der Waals surface area contributed by atoms with Crippen LogP contribution in [-0.2, 0) is 9.59 Å². The summed E-state index contributed by atoms with van der Waals surface area (Å²) >= 11 is 0. The highest BCUT2D eigenvalue weighted by molar-refractivity contribution is 5.89. The van der Waals surface area contributed by atoms with Gasteiger partial charge in [0.1, 0.15) is 0 Å². The maximum absolute atomic E-state index is 11.9. The van der Waals surface area contributed by atoms with Gasteiger partial charge in [-0.2, -0.15) is 0 Å². The molecule has 4 heteroatoms. The summed E-state index contributed by atoms with van der Waals surface area (Å²) in [7, 11) is 0. The Morgan fingerprint density at radius 2 is 0.632 bits per heavy atom. The third-order valence-electron chi connectivity index (χ3n) is 7.27. The second kappa shape index (κ2) is 31.6. The molecule has 0 aromatic carbocycles. The highest BCUT2D eigenvalue weighted by Crippen LogP contribution is 2.12. The molecule has 0 aliphatic heterocycles. The van der Waals surface area contributed by atoms with Crippen LogP contribution in [0.25, 0.3) is 0 Å². The minimum absolute atomic E-state index is 0.0883. The Morgan fingerprint density at radius 3 is 0.895 bits per heavy atom. The van der Waals surface area contributed by atoms with Crippen LogP contribution in [0.2, 0.25) is 0 Å². The standard InChI is InChI=1S/C34H64N2O2/c1-3-5-7-9-11-13-15-17-19-21-23-27-31-35-33(37)29-25-26-30-34(38)36-32-28-24-22-20-18-16-14-12-10-8-6-4-2/h25-26,29-30H,3-24,27-28,31-32H2,1-2H3,(H,35,37)(H,36,38)/b29-25+,30-26+. The molecule has 0 heterocycles. The fraction of sp³-hybridized carbons (Fsp3) is 0.824.